The molecule has 0 radical (unpaired) electrons. The van der Waals surface area contributed by atoms with Crippen LogP contribution < -0.4 is 0 Å². The summed E-state index contributed by atoms with van der Waals surface area (Å²) in [6, 6.07) is 69.4. The first-order valence-corrected chi connectivity index (χ1v) is 18.7. The lowest BCUT2D eigenvalue weighted by molar-refractivity contribution is 1.18. The molecular weight excluding hydrogens is 667 g/mol. The SMILES string of the molecule is c1ccc(-c2ccc3c4ccc(-c5ccccc5)cc4c4nc(-c5cccc(-c6ccc7c(c6)c6ccccc6n7-c6ccccc6)c5)cnc4c3c2)cc1. The van der Waals surface area contributed by atoms with Crippen LogP contribution in [0.1, 0.15) is 0 Å². The molecule has 0 amide bonds. The van der Waals surface area contributed by atoms with E-state index in [1.54, 1.807) is 0 Å². The predicted molar refractivity (Wildman–Crippen MR) is 231 cm³/mol. The summed E-state index contributed by atoms with van der Waals surface area (Å²) in [6.07, 6.45) is 1.94. The highest BCUT2D eigenvalue weighted by atomic mass is 15.0. The molecule has 9 aromatic carbocycles. The summed E-state index contributed by atoms with van der Waals surface area (Å²) >= 11 is 0. The highest BCUT2D eigenvalue weighted by Gasteiger charge is 2.17. The summed E-state index contributed by atoms with van der Waals surface area (Å²) in [7, 11) is 0. The molecule has 2 heterocycles. The van der Waals surface area contributed by atoms with E-state index in [4.69, 9.17) is 9.97 Å². The third-order valence-corrected chi connectivity index (χ3v) is 11.0. The van der Waals surface area contributed by atoms with E-state index in [2.05, 4.69) is 199 Å². The summed E-state index contributed by atoms with van der Waals surface area (Å²) in [6.45, 7) is 0. The molecule has 0 atom stereocenters. The van der Waals surface area contributed by atoms with Crippen LogP contribution in [0.15, 0.2) is 200 Å². The number of para-hydroxylation sites is 2. The van der Waals surface area contributed by atoms with Gasteiger partial charge in [-0.25, -0.2) is 4.98 Å². The second kappa shape index (κ2) is 12.6. The predicted octanol–water partition coefficient (Wildman–Crippen LogP) is 13.7. The number of rotatable bonds is 5. The van der Waals surface area contributed by atoms with Gasteiger partial charge in [-0.2, -0.15) is 0 Å². The van der Waals surface area contributed by atoms with Gasteiger partial charge in [0.1, 0.15) is 0 Å². The molecule has 11 aromatic rings. The quantitative estimate of drug-likeness (QED) is 0.167. The van der Waals surface area contributed by atoms with E-state index >= 15 is 0 Å². The molecule has 0 aliphatic heterocycles. The van der Waals surface area contributed by atoms with E-state index in [-0.39, 0.29) is 0 Å². The monoisotopic (exact) mass is 699 g/mol. The third kappa shape index (κ3) is 5.20. The highest BCUT2D eigenvalue weighted by molar-refractivity contribution is 6.24. The van der Waals surface area contributed by atoms with Gasteiger partial charge in [0.15, 0.2) is 0 Å². The topological polar surface area (TPSA) is 30.7 Å². The van der Waals surface area contributed by atoms with Crippen molar-refractivity contribution in [3.8, 4) is 50.3 Å². The van der Waals surface area contributed by atoms with Crippen LogP contribution in [0.4, 0.5) is 0 Å². The summed E-state index contributed by atoms with van der Waals surface area (Å²) in [4.78, 5) is 10.7. The van der Waals surface area contributed by atoms with Crippen LogP contribution in [0.3, 0.4) is 0 Å². The van der Waals surface area contributed by atoms with E-state index in [9.17, 15) is 0 Å². The first kappa shape index (κ1) is 31.2. The minimum atomic E-state index is 0.848. The second-order valence-corrected chi connectivity index (χ2v) is 14.2. The van der Waals surface area contributed by atoms with Crippen molar-refractivity contribution in [3.63, 3.8) is 0 Å². The van der Waals surface area contributed by atoms with Crippen LogP contribution >= 0.6 is 0 Å². The normalized spacial score (nSPS) is 11.6. The van der Waals surface area contributed by atoms with Gasteiger partial charge in [0.25, 0.3) is 0 Å². The highest BCUT2D eigenvalue weighted by Crippen LogP contribution is 2.39. The van der Waals surface area contributed by atoms with Crippen molar-refractivity contribution in [3.05, 3.63) is 200 Å². The molecule has 0 aliphatic carbocycles. The average Bonchev–Trinajstić information content (AvgIpc) is 3.60. The summed E-state index contributed by atoms with van der Waals surface area (Å²) < 4.78 is 2.36. The van der Waals surface area contributed by atoms with Crippen molar-refractivity contribution in [1.82, 2.24) is 14.5 Å². The molecule has 0 saturated carbocycles. The summed E-state index contributed by atoms with van der Waals surface area (Å²) in [5.41, 5.74) is 14.2. The maximum Gasteiger partial charge on any atom is 0.0979 e. The van der Waals surface area contributed by atoms with Crippen LogP contribution in [0.25, 0.3) is 105 Å². The van der Waals surface area contributed by atoms with Crippen LogP contribution in [0.5, 0.6) is 0 Å². The summed E-state index contributed by atoms with van der Waals surface area (Å²) in [5.74, 6) is 0. The van der Waals surface area contributed by atoms with Gasteiger partial charge in [-0.1, -0.05) is 146 Å². The third-order valence-electron chi connectivity index (χ3n) is 11.0. The molecule has 2 aromatic heterocycles. The minimum absolute atomic E-state index is 0.848. The average molecular weight is 700 g/mol. The van der Waals surface area contributed by atoms with Gasteiger partial charge >= 0.3 is 0 Å². The van der Waals surface area contributed by atoms with Gasteiger partial charge in [0, 0.05) is 32.8 Å². The molecule has 3 heteroatoms. The summed E-state index contributed by atoms with van der Waals surface area (Å²) in [5, 5.41) is 7.02. The number of hydrogen-bond donors (Lipinski definition) is 0. The van der Waals surface area contributed by atoms with Gasteiger partial charge in [0.05, 0.1) is 34.0 Å². The van der Waals surface area contributed by atoms with Gasteiger partial charge in [-0.15, -0.1) is 0 Å². The molecule has 11 rings (SSSR count). The zero-order chi connectivity index (χ0) is 36.3. The molecule has 256 valence electrons. The molecule has 0 aliphatic rings. The smallest absolute Gasteiger partial charge is 0.0979 e. The Morgan fingerprint density at radius 1 is 0.309 bits per heavy atom. The Labute approximate surface area is 318 Å². The number of hydrogen-bond acceptors (Lipinski definition) is 2. The Kier molecular flexibility index (Phi) is 7.17. The molecule has 0 saturated heterocycles. The lowest BCUT2D eigenvalue weighted by Crippen LogP contribution is -1.94. The van der Waals surface area contributed by atoms with E-state index in [1.165, 1.54) is 43.7 Å². The first-order chi connectivity index (χ1) is 27.3. The number of nitrogens with zero attached hydrogens (tertiary/aromatic N) is 3. The molecule has 0 unspecified atom stereocenters. The Balaban J connectivity index is 1.08. The van der Waals surface area contributed by atoms with Crippen molar-refractivity contribution < 1.29 is 0 Å². The van der Waals surface area contributed by atoms with E-state index < -0.39 is 0 Å². The molecule has 0 spiro atoms. The number of aromatic nitrogens is 3. The molecule has 55 heavy (non-hydrogen) atoms. The molecule has 0 bridgehead atoms. The fourth-order valence-electron chi connectivity index (χ4n) is 8.35. The van der Waals surface area contributed by atoms with E-state index in [0.29, 0.717) is 0 Å². The maximum absolute atomic E-state index is 5.46. The lowest BCUT2D eigenvalue weighted by Gasteiger charge is -2.14. The largest absolute Gasteiger partial charge is 0.309 e. The fourth-order valence-corrected chi connectivity index (χ4v) is 8.35. The standard InChI is InChI=1S/C52H33N3/c1-4-13-34(14-5-1)37-23-26-42-43-27-24-38(35-15-6-2-7-16-35)32-47(43)52-51(46(42)31-37)53-33-48(54-52)40-18-12-17-36(29-40)39-25-28-50-45(30-39)44-21-10-11-22-49(44)55(50)41-19-8-3-9-20-41/h1-33H. The van der Waals surface area contributed by atoms with Crippen LogP contribution in [0, 0.1) is 0 Å². The van der Waals surface area contributed by atoms with Crippen molar-refractivity contribution in [2.75, 3.05) is 0 Å². The van der Waals surface area contributed by atoms with E-state index in [0.717, 1.165) is 61.0 Å². The van der Waals surface area contributed by atoms with E-state index in [1.807, 2.05) is 6.20 Å². The minimum Gasteiger partial charge on any atom is -0.309 e. The Hall–Kier alpha value is -7.36. The van der Waals surface area contributed by atoms with Crippen molar-refractivity contribution in [2.45, 2.75) is 0 Å². The lowest BCUT2D eigenvalue weighted by atomic mass is 9.93. The van der Waals surface area contributed by atoms with Crippen molar-refractivity contribution in [2.24, 2.45) is 0 Å². The second-order valence-electron chi connectivity index (χ2n) is 14.2. The molecule has 0 N–H and O–H groups in total. The molecule has 3 nitrogen and oxygen atoms in total. The van der Waals surface area contributed by atoms with Crippen LogP contribution in [-0.2, 0) is 0 Å². The van der Waals surface area contributed by atoms with Gasteiger partial charge in [-0.3, -0.25) is 4.98 Å². The zero-order valence-corrected chi connectivity index (χ0v) is 29.9. The Morgan fingerprint density at radius 3 is 1.53 bits per heavy atom. The van der Waals surface area contributed by atoms with Gasteiger partial charge in [-0.05, 0) is 92.7 Å². The van der Waals surface area contributed by atoms with Gasteiger partial charge in [0.2, 0.25) is 0 Å². The molecule has 0 fully saturated rings. The Morgan fingerprint density at radius 2 is 0.818 bits per heavy atom. The zero-order valence-electron chi connectivity index (χ0n) is 29.9. The fraction of sp³-hybridized carbons (Fsp3) is 0. The Bertz CT molecular complexity index is 3240. The van der Waals surface area contributed by atoms with Crippen LogP contribution in [0.2, 0.25) is 0 Å². The number of benzene rings is 9. The first-order valence-electron chi connectivity index (χ1n) is 18.7. The van der Waals surface area contributed by atoms with Crippen molar-refractivity contribution in [1.29, 1.82) is 0 Å². The number of fused-ring (bicyclic) bond motifs is 9. The van der Waals surface area contributed by atoms with Crippen molar-refractivity contribution >= 4 is 54.4 Å². The maximum atomic E-state index is 5.46. The van der Waals surface area contributed by atoms with Crippen LogP contribution in [-0.4, -0.2) is 14.5 Å². The molecular formula is C52H33N3. The van der Waals surface area contributed by atoms with Gasteiger partial charge < -0.3 is 4.57 Å².